The van der Waals surface area contributed by atoms with Crippen molar-refractivity contribution in [2.75, 3.05) is 33.4 Å². The Balaban J connectivity index is 1.65. The molecule has 0 aromatic heterocycles. The molecule has 1 amide bonds. The number of hydrogen-bond donors (Lipinski definition) is 1. The Bertz CT molecular complexity index is 690. The van der Waals surface area contributed by atoms with Crippen molar-refractivity contribution in [1.82, 2.24) is 10.2 Å². The maximum atomic E-state index is 12.7. The summed E-state index contributed by atoms with van der Waals surface area (Å²) in [7, 11) is 1.66. The number of carbonyl (C=O) groups is 1. The number of amides is 1. The number of para-hydroxylation sites is 1. The van der Waals surface area contributed by atoms with Crippen molar-refractivity contribution in [3.63, 3.8) is 0 Å². The monoisotopic (exact) mass is 340 g/mol. The van der Waals surface area contributed by atoms with Crippen molar-refractivity contribution in [1.29, 1.82) is 0 Å². The molecule has 3 rings (SSSR count). The lowest BCUT2D eigenvalue weighted by Crippen LogP contribution is -2.49. The van der Waals surface area contributed by atoms with Crippen LogP contribution in [0.4, 0.5) is 0 Å². The lowest BCUT2D eigenvalue weighted by atomic mass is 10.0. The van der Waals surface area contributed by atoms with Gasteiger partial charge in [-0.2, -0.15) is 0 Å². The zero-order valence-corrected chi connectivity index (χ0v) is 14.5. The molecule has 0 saturated carbocycles. The highest BCUT2D eigenvalue weighted by Crippen LogP contribution is 2.30. The summed E-state index contributed by atoms with van der Waals surface area (Å²) >= 11 is 0. The first-order valence-electron chi connectivity index (χ1n) is 8.54. The van der Waals surface area contributed by atoms with Crippen LogP contribution in [-0.4, -0.2) is 44.2 Å². The highest BCUT2D eigenvalue weighted by atomic mass is 16.5. The van der Waals surface area contributed by atoms with Crippen LogP contribution in [0.25, 0.3) is 0 Å². The molecule has 2 aromatic rings. The minimum absolute atomic E-state index is 0.00772. The molecule has 132 valence electrons. The predicted octanol–water partition coefficient (Wildman–Crippen LogP) is 2.38. The number of hydrogen-bond acceptors (Lipinski definition) is 4. The van der Waals surface area contributed by atoms with E-state index in [0.29, 0.717) is 19.7 Å². The zero-order chi connectivity index (χ0) is 17.5. The molecule has 5 nitrogen and oxygen atoms in total. The van der Waals surface area contributed by atoms with E-state index in [1.807, 2.05) is 59.5 Å². The number of nitrogens with one attached hydrogen (secondary N) is 1. The van der Waals surface area contributed by atoms with Gasteiger partial charge in [0.15, 0.2) is 0 Å². The van der Waals surface area contributed by atoms with Crippen molar-refractivity contribution in [2.45, 2.75) is 12.6 Å². The van der Waals surface area contributed by atoms with Crippen molar-refractivity contribution in [2.24, 2.45) is 0 Å². The summed E-state index contributed by atoms with van der Waals surface area (Å²) in [6.07, 6.45) is 0. The summed E-state index contributed by atoms with van der Waals surface area (Å²) in [5.74, 6) is 0.813. The van der Waals surface area contributed by atoms with Crippen molar-refractivity contribution in [3.05, 3.63) is 65.7 Å². The van der Waals surface area contributed by atoms with Gasteiger partial charge in [-0.3, -0.25) is 4.79 Å². The first-order valence-corrected chi connectivity index (χ1v) is 8.54. The van der Waals surface area contributed by atoms with E-state index in [4.69, 9.17) is 9.47 Å². The molecule has 0 spiro atoms. The SMILES string of the molecule is COc1ccccc1C1CNCCN1C(=O)COCc1ccccc1. The van der Waals surface area contributed by atoms with Crippen molar-refractivity contribution >= 4 is 5.91 Å². The zero-order valence-electron chi connectivity index (χ0n) is 14.5. The van der Waals surface area contributed by atoms with Crippen LogP contribution in [-0.2, 0) is 16.1 Å². The van der Waals surface area contributed by atoms with Gasteiger partial charge in [0.05, 0.1) is 19.8 Å². The first-order chi connectivity index (χ1) is 12.3. The van der Waals surface area contributed by atoms with Gasteiger partial charge in [-0.15, -0.1) is 0 Å². The first kappa shape index (κ1) is 17.5. The molecule has 1 saturated heterocycles. The van der Waals surface area contributed by atoms with E-state index in [1.165, 1.54) is 0 Å². The van der Waals surface area contributed by atoms with Gasteiger partial charge in [0.2, 0.25) is 5.91 Å². The Kier molecular flexibility index (Phi) is 6.04. The normalized spacial score (nSPS) is 17.3. The van der Waals surface area contributed by atoms with Crippen LogP contribution in [0.2, 0.25) is 0 Å². The average molecular weight is 340 g/mol. The average Bonchev–Trinajstić information content (AvgIpc) is 2.68. The number of benzene rings is 2. The van der Waals surface area contributed by atoms with E-state index in [2.05, 4.69) is 5.32 Å². The van der Waals surface area contributed by atoms with Gasteiger partial charge in [-0.05, 0) is 11.6 Å². The Morgan fingerprint density at radius 2 is 1.92 bits per heavy atom. The van der Waals surface area contributed by atoms with Crippen LogP contribution >= 0.6 is 0 Å². The van der Waals surface area contributed by atoms with E-state index in [9.17, 15) is 4.79 Å². The van der Waals surface area contributed by atoms with Crippen LogP contribution in [0.5, 0.6) is 5.75 Å². The fraction of sp³-hybridized carbons (Fsp3) is 0.350. The second-order valence-electron chi connectivity index (χ2n) is 6.03. The van der Waals surface area contributed by atoms with Crippen LogP contribution in [0, 0.1) is 0 Å². The van der Waals surface area contributed by atoms with Gasteiger partial charge >= 0.3 is 0 Å². The maximum Gasteiger partial charge on any atom is 0.249 e. The minimum Gasteiger partial charge on any atom is -0.496 e. The fourth-order valence-corrected chi connectivity index (χ4v) is 3.14. The van der Waals surface area contributed by atoms with Gasteiger partial charge in [-0.25, -0.2) is 0 Å². The molecule has 25 heavy (non-hydrogen) atoms. The van der Waals surface area contributed by atoms with Gasteiger partial charge in [0.25, 0.3) is 0 Å². The van der Waals surface area contributed by atoms with Gasteiger partial charge in [0.1, 0.15) is 12.4 Å². The van der Waals surface area contributed by atoms with Crippen LogP contribution in [0.1, 0.15) is 17.2 Å². The summed E-state index contributed by atoms with van der Waals surface area (Å²) in [5, 5.41) is 3.36. The molecule has 1 aliphatic heterocycles. The van der Waals surface area contributed by atoms with E-state index in [-0.39, 0.29) is 18.6 Å². The number of piperazine rings is 1. The summed E-state index contributed by atoms with van der Waals surface area (Å²) in [6.45, 7) is 2.69. The Morgan fingerprint density at radius 1 is 1.16 bits per heavy atom. The van der Waals surface area contributed by atoms with Gasteiger partial charge < -0.3 is 19.7 Å². The third-order valence-corrected chi connectivity index (χ3v) is 4.40. The summed E-state index contributed by atoms with van der Waals surface area (Å²) in [6, 6.07) is 17.7. The Morgan fingerprint density at radius 3 is 2.72 bits per heavy atom. The maximum absolute atomic E-state index is 12.7. The molecule has 0 radical (unpaired) electrons. The summed E-state index contributed by atoms with van der Waals surface area (Å²) in [5.41, 5.74) is 2.09. The third-order valence-electron chi connectivity index (χ3n) is 4.40. The van der Waals surface area contributed by atoms with Crippen LogP contribution < -0.4 is 10.1 Å². The fourth-order valence-electron chi connectivity index (χ4n) is 3.14. The molecule has 0 bridgehead atoms. The number of carbonyl (C=O) groups excluding carboxylic acids is 1. The highest BCUT2D eigenvalue weighted by molar-refractivity contribution is 5.78. The van der Waals surface area contributed by atoms with Crippen LogP contribution in [0.15, 0.2) is 54.6 Å². The van der Waals surface area contributed by atoms with E-state index in [0.717, 1.165) is 23.4 Å². The molecule has 1 fully saturated rings. The summed E-state index contributed by atoms with van der Waals surface area (Å²) in [4.78, 5) is 14.6. The van der Waals surface area contributed by atoms with Crippen LogP contribution in [0.3, 0.4) is 0 Å². The topological polar surface area (TPSA) is 50.8 Å². The molecule has 1 heterocycles. The highest BCUT2D eigenvalue weighted by Gasteiger charge is 2.29. The molecule has 0 aliphatic carbocycles. The van der Waals surface area contributed by atoms with E-state index in [1.54, 1.807) is 7.11 Å². The number of rotatable bonds is 6. The lowest BCUT2D eigenvalue weighted by molar-refractivity contribution is -0.140. The smallest absolute Gasteiger partial charge is 0.249 e. The lowest BCUT2D eigenvalue weighted by Gasteiger charge is -2.37. The molecule has 1 atom stereocenters. The largest absolute Gasteiger partial charge is 0.496 e. The van der Waals surface area contributed by atoms with Gasteiger partial charge in [0, 0.05) is 25.2 Å². The molecule has 1 aliphatic rings. The molecule has 2 aromatic carbocycles. The standard InChI is InChI=1S/C20H24N2O3/c1-24-19-10-6-5-9-17(19)18-13-21-11-12-22(18)20(23)15-25-14-16-7-3-2-4-8-16/h2-10,18,21H,11-15H2,1H3. The van der Waals surface area contributed by atoms with E-state index >= 15 is 0 Å². The van der Waals surface area contributed by atoms with Crippen molar-refractivity contribution in [3.8, 4) is 5.75 Å². The molecule has 1 unspecified atom stereocenters. The summed E-state index contributed by atoms with van der Waals surface area (Å²) < 4.78 is 11.1. The Hall–Kier alpha value is -2.37. The second kappa shape index (κ2) is 8.65. The quantitative estimate of drug-likeness (QED) is 0.877. The number of ether oxygens (including phenoxy) is 2. The van der Waals surface area contributed by atoms with E-state index < -0.39 is 0 Å². The second-order valence-corrected chi connectivity index (χ2v) is 6.03. The molecular weight excluding hydrogens is 316 g/mol. The third kappa shape index (κ3) is 4.38. The molecule has 5 heteroatoms. The predicted molar refractivity (Wildman–Crippen MR) is 96.4 cm³/mol. The number of nitrogens with zero attached hydrogens (tertiary/aromatic N) is 1. The van der Waals surface area contributed by atoms with Crippen molar-refractivity contribution < 1.29 is 14.3 Å². The molecule has 1 N–H and O–H groups in total. The molecular formula is C20H24N2O3. The Labute approximate surface area is 148 Å². The number of methoxy groups -OCH3 is 1. The van der Waals surface area contributed by atoms with Gasteiger partial charge in [-0.1, -0.05) is 48.5 Å². The minimum atomic E-state index is -0.0438.